The van der Waals surface area contributed by atoms with Crippen LogP contribution in [0.4, 0.5) is 0 Å². The fraction of sp³-hybridized carbons (Fsp3) is 0.960. The molecule has 4 saturated carbocycles. The minimum atomic E-state index is -0.0546. The average Bonchev–Trinajstić information content (AvgIpc) is 3.03. The standard InChI is InChI=1S/C25H42O3/c1-16(5-10-23(27)28-4)20-8-9-21-19-7-6-17-15-18(26)11-13-24(17,2)22(19)12-14-25(20,21)3/h16-22,26H,5-15H2,1-4H3/t16-,17-,18+,19+,20-,21+,22+,24+,25-/m1/s1. The molecular formula is C25H42O3. The van der Waals surface area contributed by atoms with E-state index in [2.05, 4.69) is 20.8 Å². The Morgan fingerprint density at radius 2 is 1.75 bits per heavy atom. The second-order valence-electron chi connectivity index (χ2n) is 11.4. The first-order valence-corrected chi connectivity index (χ1v) is 12.0. The summed E-state index contributed by atoms with van der Waals surface area (Å²) in [5.74, 6) is 4.72. The monoisotopic (exact) mass is 390 g/mol. The Labute approximate surface area is 172 Å². The van der Waals surface area contributed by atoms with E-state index in [0.717, 1.165) is 48.9 Å². The Balaban J connectivity index is 1.48. The van der Waals surface area contributed by atoms with Crippen LogP contribution in [0.2, 0.25) is 0 Å². The summed E-state index contributed by atoms with van der Waals surface area (Å²) in [6, 6.07) is 0. The van der Waals surface area contributed by atoms with Gasteiger partial charge in [0.1, 0.15) is 0 Å². The zero-order valence-corrected chi connectivity index (χ0v) is 18.6. The number of fused-ring (bicyclic) bond motifs is 5. The SMILES string of the molecule is COC(=O)CC[C@@H](C)[C@H]1CC[C@H]2[C@@H]3CC[C@@H]4C[C@@H](O)CC[C@]4(C)[C@H]3CC[C@]12C. The highest BCUT2D eigenvalue weighted by atomic mass is 16.5. The van der Waals surface area contributed by atoms with Crippen molar-refractivity contribution < 1.29 is 14.6 Å². The van der Waals surface area contributed by atoms with Crippen molar-refractivity contribution in [3.05, 3.63) is 0 Å². The van der Waals surface area contributed by atoms with Crippen LogP contribution in [-0.4, -0.2) is 24.3 Å². The number of aliphatic hydroxyl groups excluding tert-OH is 1. The summed E-state index contributed by atoms with van der Waals surface area (Å²) >= 11 is 0. The van der Waals surface area contributed by atoms with Gasteiger partial charge in [-0.05, 0) is 111 Å². The summed E-state index contributed by atoms with van der Waals surface area (Å²) in [5.41, 5.74) is 0.937. The molecule has 0 heterocycles. The van der Waals surface area contributed by atoms with Crippen molar-refractivity contribution in [2.75, 3.05) is 7.11 Å². The Morgan fingerprint density at radius 1 is 1.04 bits per heavy atom. The van der Waals surface area contributed by atoms with Crippen molar-refractivity contribution in [1.29, 1.82) is 0 Å². The Kier molecular flexibility index (Phi) is 5.61. The molecule has 160 valence electrons. The Hall–Kier alpha value is -0.570. The van der Waals surface area contributed by atoms with E-state index in [4.69, 9.17) is 4.74 Å². The van der Waals surface area contributed by atoms with Gasteiger partial charge in [0.05, 0.1) is 13.2 Å². The topological polar surface area (TPSA) is 46.5 Å². The lowest BCUT2D eigenvalue weighted by Crippen LogP contribution is -2.54. The van der Waals surface area contributed by atoms with Crippen molar-refractivity contribution in [3.63, 3.8) is 0 Å². The number of hydrogen-bond acceptors (Lipinski definition) is 3. The number of aliphatic hydroxyl groups is 1. The Bertz CT molecular complexity index is 588. The largest absolute Gasteiger partial charge is 0.469 e. The average molecular weight is 391 g/mol. The zero-order valence-electron chi connectivity index (χ0n) is 18.6. The maximum atomic E-state index is 11.6. The molecule has 0 aliphatic heterocycles. The number of methoxy groups -OCH3 is 1. The molecule has 4 fully saturated rings. The van der Waals surface area contributed by atoms with Crippen LogP contribution in [0.5, 0.6) is 0 Å². The smallest absolute Gasteiger partial charge is 0.305 e. The molecule has 1 N–H and O–H groups in total. The zero-order chi connectivity index (χ0) is 20.1. The molecule has 0 aromatic rings. The van der Waals surface area contributed by atoms with Gasteiger partial charge in [0, 0.05) is 6.42 Å². The summed E-state index contributed by atoms with van der Waals surface area (Å²) in [4.78, 5) is 11.6. The predicted molar refractivity (Wildman–Crippen MR) is 112 cm³/mol. The van der Waals surface area contributed by atoms with Crippen molar-refractivity contribution in [3.8, 4) is 0 Å². The van der Waals surface area contributed by atoms with Crippen molar-refractivity contribution in [1.82, 2.24) is 0 Å². The first kappa shape index (κ1) is 20.7. The maximum absolute atomic E-state index is 11.6. The summed E-state index contributed by atoms with van der Waals surface area (Å²) in [7, 11) is 1.50. The molecule has 9 atom stereocenters. The van der Waals surface area contributed by atoms with Gasteiger partial charge >= 0.3 is 5.97 Å². The van der Waals surface area contributed by atoms with Gasteiger partial charge in [0.25, 0.3) is 0 Å². The van der Waals surface area contributed by atoms with E-state index in [9.17, 15) is 9.90 Å². The number of hydrogen-bond donors (Lipinski definition) is 1. The highest BCUT2D eigenvalue weighted by molar-refractivity contribution is 5.69. The van der Waals surface area contributed by atoms with E-state index in [-0.39, 0.29) is 12.1 Å². The van der Waals surface area contributed by atoms with Crippen LogP contribution < -0.4 is 0 Å². The molecule has 4 rings (SSSR count). The molecule has 0 spiro atoms. The second kappa shape index (κ2) is 7.60. The first-order valence-electron chi connectivity index (χ1n) is 12.0. The summed E-state index contributed by atoms with van der Waals surface area (Å²) in [6.45, 7) is 7.56. The van der Waals surface area contributed by atoms with E-state index in [1.807, 2.05) is 0 Å². The summed E-state index contributed by atoms with van der Waals surface area (Å²) < 4.78 is 4.88. The van der Waals surface area contributed by atoms with Crippen molar-refractivity contribution >= 4 is 5.97 Å². The van der Waals surface area contributed by atoms with Crippen LogP contribution in [-0.2, 0) is 9.53 Å². The van der Waals surface area contributed by atoms with Crippen LogP contribution in [0.3, 0.4) is 0 Å². The Morgan fingerprint density at radius 3 is 2.50 bits per heavy atom. The third-order valence-corrected chi connectivity index (χ3v) is 10.4. The van der Waals surface area contributed by atoms with Gasteiger partial charge in [0.15, 0.2) is 0 Å². The molecule has 3 heteroatoms. The molecule has 0 bridgehead atoms. The molecule has 4 aliphatic carbocycles. The molecule has 0 unspecified atom stereocenters. The predicted octanol–water partition coefficient (Wildman–Crippen LogP) is 5.60. The summed E-state index contributed by atoms with van der Waals surface area (Å²) in [6.07, 6.45) is 13.1. The molecule has 0 radical (unpaired) electrons. The molecule has 0 saturated heterocycles. The van der Waals surface area contributed by atoms with E-state index in [0.29, 0.717) is 23.2 Å². The van der Waals surface area contributed by atoms with Crippen molar-refractivity contribution in [2.24, 2.45) is 46.3 Å². The lowest BCUT2D eigenvalue weighted by Gasteiger charge is -2.61. The lowest BCUT2D eigenvalue weighted by molar-refractivity contribution is -0.141. The number of carbonyl (C=O) groups is 1. The molecular weight excluding hydrogens is 348 g/mol. The van der Waals surface area contributed by atoms with Crippen LogP contribution in [0, 0.1) is 46.3 Å². The summed E-state index contributed by atoms with van der Waals surface area (Å²) in [5, 5.41) is 10.2. The highest BCUT2D eigenvalue weighted by Crippen LogP contribution is 2.68. The van der Waals surface area contributed by atoms with Gasteiger partial charge in [-0.15, -0.1) is 0 Å². The maximum Gasteiger partial charge on any atom is 0.305 e. The van der Waals surface area contributed by atoms with E-state index < -0.39 is 0 Å². The first-order chi connectivity index (χ1) is 13.3. The van der Waals surface area contributed by atoms with Gasteiger partial charge < -0.3 is 9.84 Å². The molecule has 0 aromatic carbocycles. The molecule has 4 aliphatic rings. The second-order valence-corrected chi connectivity index (χ2v) is 11.4. The van der Waals surface area contributed by atoms with Gasteiger partial charge in [-0.2, -0.15) is 0 Å². The van der Waals surface area contributed by atoms with Crippen LogP contribution >= 0.6 is 0 Å². The lowest BCUT2D eigenvalue weighted by atomic mass is 9.44. The fourth-order valence-corrected chi connectivity index (χ4v) is 8.86. The molecule has 28 heavy (non-hydrogen) atoms. The van der Waals surface area contributed by atoms with E-state index in [1.165, 1.54) is 52.1 Å². The normalized spacial score (nSPS) is 48.9. The number of ether oxygens (including phenoxy) is 1. The number of esters is 1. The van der Waals surface area contributed by atoms with Crippen LogP contribution in [0.25, 0.3) is 0 Å². The van der Waals surface area contributed by atoms with Gasteiger partial charge in [-0.3, -0.25) is 4.79 Å². The highest BCUT2D eigenvalue weighted by Gasteiger charge is 2.60. The molecule has 0 aromatic heterocycles. The quantitative estimate of drug-likeness (QED) is 0.636. The minimum Gasteiger partial charge on any atom is -0.469 e. The third kappa shape index (κ3) is 3.24. The molecule has 0 amide bonds. The number of carbonyl (C=O) groups excluding carboxylic acids is 1. The van der Waals surface area contributed by atoms with Crippen molar-refractivity contribution in [2.45, 2.75) is 97.5 Å². The van der Waals surface area contributed by atoms with E-state index >= 15 is 0 Å². The fourth-order valence-electron chi connectivity index (χ4n) is 8.86. The number of rotatable bonds is 4. The minimum absolute atomic E-state index is 0.0463. The van der Waals surface area contributed by atoms with Gasteiger partial charge in [-0.1, -0.05) is 20.8 Å². The van der Waals surface area contributed by atoms with Crippen LogP contribution in [0.1, 0.15) is 91.4 Å². The van der Waals surface area contributed by atoms with Gasteiger partial charge in [0.2, 0.25) is 0 Å². The van der Waals surface area contributed by atoms with Gasteiger partial charge in [-0.25, -0.2) is 0 Å². The van der Waals surface area contributed by atoms with Crippen LogP contribution in [0.15, 0.2) is 0 Å². The third-order valence-electron chi connectivity index (χ3n) is 10.4. The molecule has 3 nitrogen and oxygen atoms in total. The van der Waals surface area contributed by atoms with E-state index in [1.54, 1.807) is 0 Å².